The zero-order valence-electron chi connectivity index (χ0n) is 8.92. The maximum absolute atomic E-state index is 13.4. The van der Waals surface area contributed by atoms with E-state index in [1.165, 1.54) is 11.8 Å². The van der Waals surface area contributed by atoms with E-state index < -0.39 is 0 Å². The fraction of sp³-hybridized carbons (Fsp3) is 0.500. The molecular weight excluding hydrogens is 209 g/mol. The molecule has 1 nitrogen and oxygen atoms in total. The summed E-state index contributed by atoms with van der Waals surface area (Å²) in [6.45, 7) is 0. The van der Waals surface area contributed by atoms with E-state index in [1.54, 1.807) is 6.07 Å². The molecule has 0 aromatic heterocycles. The minimum absolute atomic E-state index is 0.0641. The summed E-state index contributed by atoms with van der Waals surface area (Å²) in [5.74, 6) is -0.109. The summed E-state index contributed by atoms with van der Waals surface area (Å²) in [7, 11) is 0. The second kappa shape index (κ2) is 4.14. The topological polar surface area (TPSA) is 26.0 Å². The van der Waals surface area contributed by atoms with Crippen molar-refractivity contribution in [1.82, 2.24) is 0 Å². The Kier molecular flexibility index (Phi) is 3.03. The lowest BCUT2D eigenvalue weighted by Gasteiger charge is -2.08. The number of hydrogen-bond acceptors (Lipinski definition) is 2. The highest BCUT2D eigenvalue weighted by atomic mass is 32.2. The largest absolute Gasteiger partial charge is 0.325 e. The molecule has 15 heavy (non-hydrogen) atoms. The second-order valence-electron chi connectivity index (χ2n) is 4.33. The van der Waals surface area contributed by atoms with E-state index in [4.69, 9.17) is 5.73 Å². The van der Waals surface area contributed by atoms with Gasteiger partial charge in [0.1, 0.15) is 5.82 Å². The van der Waals surface area contributed by atoms with Crippen LogP contribution in [0, 0.1) is 5.82 Å². The summed E-state index contributed by atoms with van der Waals surface area (Å²) >= 11 is 1.44. The number of aryl methyl sites for hydroxylation is 1. The Bertz CT molecular complexity index is 361. The number of nitrogens with two attached hydrogens (primary N) is 1. The minimum Gasteiger partial charge on any atom is -0.325 e. The van der Waals surface area contributed by atoms with E-state index in [0.29, 0.717) is 4.90 Å². The van der Waals surface area contributed by atoms with Crippen LogP contribution in [0.5, 0.6) is 0 Å². The van der Waals surface area contributed by atoms with Crippen molar-refractivity contribution in [2.45, 2.75) is 36.1 Å². The summed E-state index contributed by atoms with van der Waals surface area (Å²) in [4.78, 5) is 0.715. The fourth-order valence-corrected chi connectivity index (χ4v) is 2.13. The molecule has 0 aliphatic heterocycles. The average Bonchev–Trinajstić information content (AvgIpc) is 2.95. The molecule has 2 N–H and O–H groups in total. The first-order chi connectivity index (χ1) is 7.13. The van der Waals surface area contributed by atoms with Crippen molar-refractivity contribution in [3.05, 3.63) is 29.6 Å². The Morgan fingerprint density at radius 2 is 2.20 bits per heavy atom. The summed E-state index contributed by atoms with van der Waals surface area (Å²) < 4.78 is 13.4. The van der Waals surface area contributed by atoms with Crippen molar-refractivity contribution in [1.29, 1.82) is 0 Å². The Hall–Kier alpha value is -0.540. The Balaban J connectivity index is 1.99. The molecule has 0 radical (unpaired) electrons. The Morgan fingerprint density at radius 3 is 2.73 bits per heavy atom. The molecule has 0 unspecified atom stereocenters. The molecule has 1 aromatic rings. The van der Waals surface area contributed by atoms with Crippen molar-refractivity contribution < 1.29 is 4.39 Å². The summed E-state index contributed by atoms with van der Waals surface area (Å²) in [5.41, 5.74) is 7.11. The van der Waals surface area contributed by atoms with Crippen LogP contribution in [0.25, 0.3) is 0 Å². The van der Waals surface area contributed by atoms with Crippen LogP contribution < -0.4 is 5.73 Å². The number of thioether (sulfide) groups is 1. The maximum Gasteiger partial charge on any atom is 0.137 e. The van der Waals surface area contributed by atoms with Crippen molar-refractivity contribution in [2.24, 2.45) is 5.73 Å². The molecule has 2 rings (SSSR count). The van der Waals surface area contributed by atoms with Crippen LogP contribution >= 0.6 is 11.8 Å². The van der Waals surface area contributed by atoms with Gasteiger partial charge in [-0.3, -0.25) is 0 Å². The van der Waals surface area contributed by atoms with Gasteiger partial charge in [-0.05, 0) is 49.6 Å². The Morgan fingerprint density at radius 1 is 1.47 bits per heavy atom. The average molecular weight is 225 g/mol. The van der Waals surface area contributed by atoms with Crippen LogP contribution in [0.1, 0.15) is 24.8 Å². The normalized spacial score (nSPS) is 17.8. The minimum atomic E-state index is -0.109. The highest BCUT2D eigenvalue weighted by Gasteiger charge is 2.37. The van der Waals surface area contributed by atoms with Crippen molar-refractivity contribution in [3.63, 3.8) is 0 Å². The van der Waals surface area contributed by atoms with Gasteiger partial charge in [-0.1, -0.05) is 6.07 Å². The molecule has 1 fully saturated rings. The molecule has 0 bridgehead atoms. The van der Waals surface area contributed by atoms with E-state index >= 15 is 0 Å². The van der Waals surface area contributed by atoms with Gasteiger partial charge in [0.2, 0.25) is 0 Å². The number of rotatable bonds is 4. The number of benzene rings is 1. The summed E-state index contributed by atoms with van der Waals surface area (Å²) in [6.07, 6.45) is 6.00. The van der Waals surface area contributed by atoms with Crippen LogP contribution in [-0.2, 0) is 6.42 Å². The fourth-order valence-electron chi connectivity index (χ4n) is 1.67. The lowest BCUT2D eigenvalue weighted by molar-refractivity contribution is 0.587. The van der Waals surface area contributed by atoms with Crippen molar-refractivity contribution >= 4 is 11.8 Å². The van der Waals surface area contributed by atoms with Gasteiger partial charge in [-0.2, -0.15) is 0 Å². The van der Waals surface area contributed by atoms with Gasteiger partial charge in [0, 0.05) is 10.4 Å². The SMILES string of the molecule is CSc1ccc(CCC2(N)CC2)cc1F. The molecule has 0 amide bonds. The van der Waals surface area contributed by atoms with E-state index in [9.17, 15) is 4.39 Å². The molecule has 0 heterocycles. The van der Waals surface area contributed by atoms with E-state index in [1.807, 2.05) is 18.4 Å². The van der Waals surface area contributed by atoms with E-state index in [-0.39, 0.29) is 11.4 Å². The van der Waals surface area contributed by atoms with Crippen LogP contribution in [-0.4, -0.2) is 11.8 Å². The Labute approximate surface area is 94.2 Å². The third-order valence-corrected chi connectivity index (χ3v) is 3.79. The molecule has 1 saturated carbocycles. The highest BCUT2D eigenvalue weighted by molar-refractivity contribution is 7.98. The van der Waals surface area contributed by atoms with Gasteiger partial charge in [-0.15, -0.1) is 11.8 Å². The quantitative estimate of drug-likeness (QED) is 0.797. The van der Waals surface area contributed by atoms with Gasteiger partial charge in [0.25, 0.3) is 0 Å². The standard InChI is InChI=1S/C12H16FNS/c1-15-11-3-2-9(8-10(11)13)4-5-12(14)6-7-12/h2-3,8H,4-7,14H2,1H3. The number of halogens is 1. The lowest BCUT2D eigenvalue weighted by atomic mass is 10.0. The first-order valence-corrected chi connectivity index (χ1v) is 6.47. The van der Waals surface area contributed by atoms with Crippen LogP contribution in [0.4, 0.5) is 4.39 Å². The van der Waals surface area contributed by atoms with Crippen LogP contribution in [0.3, 0.4) is 0 Å². The molecule has 0 saturated heterocycles. The monoisotopic (exact) mass is 225 g/mol. The van der Waals surface area contributed by atoms with Crippen molar-refractivity contribution in [2.75, 3.05) is 6.26 Å². The van der Waals surface area contributed by atoms with E-state index in [2.05, 4.69) is 0 Å². The zero-order chi connectivity index (χ0) is 10.9. The molecule has 3 heteroatoms. The smallest absolute Gasteiger partial charge is 0.137 e. The summed E-state index contributed by atoms with van der Waals surface area (Å²) in [5, 5.41) is 0. The molecule has 82 valence electrons. The zero-order valence-corrected chi connectivity index (χ0v) is 9.74. The van der Waals surface area contributed by atoms with Gasteiger partial charge >= 0.3 is 0 Å². The van der Waals surface area contributed by atoms with Crippen molar-refractivity contribution in [3.8, 4) is 0 Å². The third kappa shape index (κ3) is 2.73. The van der Waals surface area contributed by atoms with Gasteiger partial charge < -0.3 is 5.73 Å². The molecule has 1 aromatic carbocycles. The highest BCUT2D eigenvalue weighted by Crippen LogP contribution is 2.36. The second-order valence-corrected chi connectivity index (χ2v) is 5.18. The predicted molar refractivity (Wildman–Crippen MR) is 62.7 cm³/mol. The van der Waals surface area contributed by atoms with Gasteiger partial charge in [0.15, 0.2) is 0 Å². The first-order valence-electron chi connectivity index (χ1n) is 5.24. The molecular formula is C12H16FNS. The molecule has 0 spiro atoms. The lowest BCUT2D eigenvalue weighted by Crippen LogP contribution is -2.22. The first kappa shape index (κ1) is 11.0. The molecule has 1 aliphatic rings. The third-order valence-electron chi connectivity index (χ3n) is 3.02. The van der Waals surface area contributed by atoms with Crippen LogP contribution in [0.2, 0.25) is 0 Å². The van der Waals surface area contributed by atoms with E-state index in [0.717, 1.165) is 31.2 Å². The van der Waals surface area contributed by atoms with Crippen LogP contribution in [0.15, 0.2) is 23.1 Å². The van der Waals surface area contributed by atoms with Gasteiger partial charge in [0.05, 0.1) is 0 Å². The maximum atomic E-state index is 13.4. The molecule has 0 atom stereocenters. The molecule has 1 aliphatic carbocycles. The number of hydrogen-bond donors (Lipinski definition) is 1. The predicted octanol–water partition coefficient (Wildman–Crippen LogP) is 2.97. The summed E-state index contributed by atoms with van der Waals surface area (Å²) in [6, 6.07) is 5.49. The van der Waals surface area contributed by atoms with Gasteiger partial charge in [-0.25, -0.2) is 4.39 Å².